The minimum atomic E-state index is -0.528. The van der Waals surface area contributed by atoms with Crippen LogP contribution in [0, 0.1) is 0 Å². The number of hydrogen-bond donors (Lipinski definition) is 2. The van der Waals surface area contributed by atoms with Crippen LogP contribution in [0.25, 0.3) is 0 Å². The van der Waals surface area contributed by atoms with Gasteiger partial charge in [0.1, 0.15) is 11.8 Å². The van der Waals surface area contributed by atoms with E-state index in [1.165, 1.54) is 6.92 Å². The van der Waals surface area contributed by atoms with E-state index in [1.54, 1.807) is 6.92 Å². The first-order valence-electron chi connectivity index (χ1n) is 5.58. The summed E-state index contributed by atoms with van der Waals surface area (Å²) in [5.41, 5.74) is 0. The van der Waals surface area contributed by atoms with E-state index in [4.69, 9.17) is 0 Å². The highest BCUT2D eigenvalue weighted by molar-refractivity contribution is 5.89. The molecule has 1 fully saturated rings. The fraction of sp³-hybridized carbons (Fsp3) is 0.727. The number of carbonyl (C=O) groups excluding carboxylic acids is 3. The Balaban J connectivity index is 2.20. The molecule has 2 N–H and O–H groups in total. The summed E-state index contributed by atoms with van der Waals surface area (Å²) in [5.74, 6) is -0.433. The number of carbonyl (C=O) groups is 3. The third-order valence-corrected chi connectivity index (χ3v) is 2.40. The van der Waals surface area contributed by atoms with Gasteiger partial charge in [-0.2, -0.15) is 0 Å². The van der Waals surface area contributed by atoms with E-state index in [-0.39, 0.29) is 30.4 Å². The Hall–Kier alpha value is -1.39. The number of hydrogen-bond acceptors (Lipinski definition) is 3. The molecular weight excluding hydrogens is 208 g/mol. The highest BCUT2D eigenvalue weighted by Crippen LogP contribution is 2.18. The Bertz CT molecular complexity index is 298. The van der Waals surface area contributed by atoms with Gasteiger partial charge in [-0.05, 0) is 26.7 Å². The molecule has 0 bridgehead atoms. The summed E-state index contributed by atoms with van der Waals surface area (Å²) >= 11 is 0. The van der Waals surface area contributed by atoms with E-state index in [2.05, 4.69) is 10.6 Å². The summed E-state index contributed by atoms with van der Waals surface area (Å²) in [6.07, 6.45) is 2.42. The predicted molar refractivity (Wildman–Crippen MR) is 58.7 cm³/mol. The van der Waals surface area contributed by atoms with Gasteiger partial charge in [0.05, 0.1) is 0 Å². The van der Waals surface area contributed by atoms with E-state index in [0.29, 0.717) is 6.04 Å². The van der Waals surface area contributed by atoms with Gasteiger partial charge in [-0.25, -0.2) is 0 Å². The van der Waals surface area contributed by atoms with Gasteiger partial charge >= 0.3 is 0 Å². The van der Waals surface area contributed by atoms with Crippen molar-refractivity contribution in [3.63, 3.8) is 0 Å². The SMILES string of the molecule is CC(=O)CCC(=O)NC(C)C(=O)NC1CC1. The second-order valence-corrected chi connectivity index (χ2v) is 4.27. The van der Waals surface area contributed by atoms with Crippen molar-refractivity contribution < 1.29 is 14.4 Å². The third-order valence-electron chi connectivity index (χ3n) is 2.40. The molecule has 0 saturated heterocycles. The summed E-state index contributed by atoms with van der Waals surface area (Å²) < 4.78 is 0. The van der Waals surface area contributed by atoms with Crippen LogP contribution in [0.15, 0.2) is 0 Å². The number of ketones is 1. The average Bonchev–Trinajstić information content (AvgIpc) is 2.98. The second kappa shape index (κ2) is 5.63. The maximum absolute atomic E-state index is 11.5. The van der Waals surface area contributed by atoms with E-state index in [1.807, 2.05) is 0 Å². The third kappa shape index (κ3) is 4.91. The quantitative estimate of drug-likeness (QED) is 0.676. The molecule has 0 radical (unpaired) electrons. The van der Waals surface area contributed by atoms with Crippen molar-refractivity contribution in [2.24, 2.45) is 0 Å². The monoisotopic (exact) mass is 226 g/mol. The Kier molecular flexibility index (Phi) is 4.46. The van der Waals surface area contributed by atoms with Crippen LogP contribution in [-0.4, -0.2) is 29.7 Å². The van der Waals surface area contributed by atoms with Gasteiger partial charge in [-0.3, -0.25) is 9.59 Å². The largest absolute Gasteiger partial charge is 0.352 e. The van der Waals surface area contributed by atoms with Crippen LogP contribution in [0.5, 0.6) is 0 Å². The van der Waals surface area contributed by atoms with Crippen molar-refractivity contribution in [3.8, 4) is 0 Å². The number of rotatable bonds is 6. The van der Waals surface area contributed by atoms with Crippen LogP contribution < -0.4 is 10.6 Å². The molecule has 1 rings (SSSR count). The summed E-state index contributed by atoms with van der Waals surface area (Å²) in [7, 11) is 0. The molecule has 1 aliphatic carbocycles. The Morgan fingerprint density at radius 3 is 2.38 bits per heavy atom. The molecule has 5 nitrogen and oxygen atoms in total. The minimum absolute atomic E-state index is 0.0229. The summed E-state index contributed by atoms with van der Waals surface area (Å²) in [4.78, 5) is 33.5. The van der Waals surface area contributed by atoms with Gasteiger partial charge in [0.15, 0.2) is 0 Å². The van der Waals surface area contributed by atoms with Crippen LogP contribution in [0.2, 0.25) is 0 Å². The normalized spacial score (nSPS) is 16.4. The number of Topliss-reactive ketones (excluding diaryl/α,β-unsaturated/α-hetero) is 1. The van der Waals surface area contributed by atoms with Crippen LogP contribution in [0.4, 0.5) is 0 Å². The highest BCUT2D eigenvalue weighted by atomic mass is 16.2. The molecule has 90 valence electrons. The maximum atomic E-state index is 11.5. The van der Waals surface area contributed by atoms with Crippen LogP contribution >= 0.6 is 0 Å². The lowest BCUT2D eigenvalue weighted by Gasteiger charge is -2.13. The van der Waals surface area contributed by atoms with E-state index in [9.17, 15) is 14.4 Å². The van der Waals surface area contributed by atoms with Crippen molar-refractivity contribution in [1.29, 1.82) is 0 Å². The molecule has 0 heterocycles. The Morgan fingerprint density at radius 2 is 1.88 bits per heavy atom. The zero-order valence-electron chi connectivity index (χ0n) is 9.71. The van der Waals surface area contributed by atoms with Crippen LogP contribution in [0.1, 0.15) is 39.5 Å². The molecule has 0 spiro atoms. The van der Waals surface area contributed by atoms with E-state index in [0.717, 1.165) is 12.8 Å². The summed E-state index contributed by atoms with van der Waals surface area (Å²) in [5, 5.41) is 5.37. The van der Waals surface area contributed by atoms with Crippen LogP contribution in [0.3, 0.4) is 0 Å². The van der Waals surface area contributed by atoms with Gasteiger partial charge < -0.3 is 15.4 Å². The fourth-order valence-corrected chi connectivity index (χ4v) is 1.22. The molecule has 0 aliphatic heterocycles. The second-order valence-electron chi connectivity index (χ2n) is 4.27. The zero-order chi connectivity index (χ0) is 12.1. The zero-order valence-corrected chi connectivity index (χ0v) is 9.71. The molecule has 0 aromatic rings. The number of nitrogens with one attached hydrogen (secondary N) is 2. The Labute approximate surface area is 95.0 Å². The standard InChI is InChI=1S/C11H18N2O3/c1-7(14)3-6-10(15)12-8(2)11(16)13-9-4-5-9/h8-9H,3-6H2,1-2H3,(H,12,15)(H,13,16). The molecule has 5 heteroatoms. The lowest BCUT2D eigenvalue weighted by molar-refractivity contribution is -0.129. The molecule has 1 aliphatic rings. The van der Waals surface area contributed by atoms with Crippen molar-refractivity contribution >= 4 is 17.6 Å². The predicted octanol–water partition coefficient (Wildman–Crippen LogP) is 0.139. The van der Waals surface area contributed by atoms with Gasteiger partial charge in [-0.15, -0.1) is 0 Å². The molecule has 16 heavy (non-hydrogen) atoms. The number of amides is 2. The van der Waals surface area contributed by atoms with Crippen LogP contribution in [-0.2, 0) is 14.4 Å². The molecule has 1 unspecified atom stereocenters. The van der Waals surface area contributed by atoms with Gasteiger partial charge in [0.25, 0.3) is 0 Å². The minimum Gasteiger partial charge on any atom is -0.352 e. The topological polar surface area (TPSA) is 75.3 Å². The molecular formula is C11H18N2O3. The Morgan fingerprint density at radius 1 is 1.25 bits per heavy atom. The van der Waals surface area contributed by atoms with Crippen molar-refractivity contribution in [2.75, 3.05) is 0 Å². The first-order chi connectivity index (χ1) is 7.49. The van der Waals surface area contributed by atoms with E-state index < -0.39 is 6.04 Å². The molecule has 0 aromatic carbocycles. The van der Waals surface area contributed by atoms with Gasteiger partial charge in [0.2, 0.25) is 11.8 Å². The highest BCUT2D eigenvalue weighted by Gasteiger charge is 2.26. The fourth-order valence-electron chi connectivity index (χ4n) is 1.22. The molecule has 2 amide bonds. The maximum Gasteiger partial charge on any atom is 0.242 e. The average molecular weight is 226 g/mol. The summed E-state index contributed by atoms with van der Waals surface area (Å²) in [6.45, 7) is 3.08. The molecule has 1 saturated carbocycles. The molecule has 0 aromatic heterocycles. The van der Waals surface area contributed by atoms with E-state index >= 15 is 0 Å². The lowest BCUT2D eigenvalue weighted by Crippen LogP contribution is -2.45. The smallest absolute Gasteiger partial charge is 0.242 e. The van der Waals surface area contributed by atoms with Crippen molar-refractivity contribution in [3.05, 3.63) is 0 Å². The van der Waals surface area contributed by atoms with Gasteiger partial charge in [0, 0.05) is 18.9 Å². The first kappa shape index (κ1) is 12.7. The van der Waals surface area contributed by atoms with Crippen molar-refractivity contribution in [1.82, 2.24) is 10.6 Å². The summed E-state index contributed by atoms with van der Waals surface area (Å²) in [6, 6.07) is -0.232. The van der Waals surface area contributed by atoms with Crippen molar-refractivity contribution in [2.45, 2.75) is 51.6 Å². The molecule has 1 atom stereocenters. The first-order valence-corrected chi connectivity index (χ1v) is 5.58. The lowest BCUT2D eigenvalue weighted by atomic mass is 10.2. The van der Waals surface area contributed by atoms with Gasteiger partial charge in [-0.1, -0.05) is 0 Å².